The molecule has 4 aromatic rings. The lowest BCUT2D eigenvalue weighted by Gasteiger charge is -2.00. The van der Waals surface area contributed by atoms with E-state index in [1.54, 1.807) is 0 Å². The van der Waals surface area contributed by atoms with E-state index in [4.69, 9.17) is 9.40 Å². The number of thioether (sulfide) groups is 1. The highest BCUT2D eigenvalue weighted by molar-refractivity contribution is 7.99. The summed E-state index contributed by atoms with van der Waals surface area (Å²) in [5.41, 5.74) is 3.94. The molecule has 0 atom stereocenters. The molecule has 3 heteroatoms. The van der Waals surface area contributed by atoms with Gasteiger partial charge in [-0.3, -0.25) is 0 Å². The second kappa shape index (κ2) is 8.44. The first kappa shape index (κ1) is 17.2. The molecule has 0 N–H and O–H groups in total. The van der Waals surface area contributed by atoms with Crippen LogP contribution in [0.3, 0.4) is 0 Å². The molecule has 0 aliphatic carbocycles. The fourth-order valence-electron chi connectivity index (χ4n) is 2.70. The summed E-state index contributed by atoms with van der Waals surface area (Å²) in [6, 6.07) is 30.2. The topological polar surface area (TPSA) is 26.0 Å². The quantitative estimate of drug-likeness (QED) is 0.319. The van der Waals surface area contributed by atoms with Crippen LogP contribution < -0.4 is 0 Å². The summed E-state index contributed by atoms with van der Waals surface area (Å²) in [6.07, 6.45) is 0. The molecule has 130 valence electrons. The molecule has 0 spiro atoms. The lowest BCUT2D eigenvalue weighted by atomic mass is 10.1. The zero-order chi connectivity index (χ0) is 18.3. The maximum Gasteiger partial charge on any atom is 0.257 e. The molecule has 4 rings (SSSR count). The number of aromatic nitrogens is 1. The van der Waals surface area contributed by atoms with Crippen molar-refractivity contribution in [2.75, 3.05) is 5.75 Å². The van der Waals surface area contributed by atoms with Crippen LogP contribution in [0.5, 0.6) is 0 Å². The predicted molar refractivity (Wildman–Crippen MR) is 111 cm³/mol. The number of oxazole rings is 1. The zero-order valence-electron chi connectivity index (χ0n) is 14.6. The third-order valence-corrected chi connectivity index (χ3v) is 4.68. The molecular weight excluding hydrogens is 350 g/mol. The van der Waals surface area contributed by atoms with E-state index in [-0.39, 0.29) is 0 Å². The van der Waals surface area contributed by atoms with E-state index in [9.17, 15) is 0 Å². The van der Waals surface area contributed by atoms with Gasteiger partial charge in [-0.1, -0.05) is 102 Å². The second-order valence-corrected chi connectivity index (χ2v) is 6.77. The lowest BCUT2D eigenvalue weighted by Crippen LogP contribution is -1.82. The molecule has 0 radical (unpaired) electrons. The summed E-state index contributed by atoms with van der Waals surface area (Å²) in [5, 5.41) is 0.634. The molecule has 0 saturated heterocycles. The Morgan fingerprint density at radius 3 is 2.00 bits per heavy atom. The molecule has 27 heavy (non-hydrogen) atoms. The van der Waals surface area contributed by atoms with Crippen LogP contribution in [0.2, 0.25) is 0 Å². The van der Waals surface area contributed by atoms with Crippen molar-refractivity contribution in [2.45, 2.75) is 5.22 Å². The summed E-state index contributed by atoms with van der Waals surface area (Å²) in [5.74, 6) is 7.75. The Bertz CT molecular complexity index is 1000. The van der Waals surface area contributed by atoms with Gasteiger partial charge in [0.05, 0.1) is 5.75 Å². The van der Waals surface area contributed by atoms with Crippen LogP contribution in [-0.4, -0.2) is 10.7 Å². The standard InChI is InChI=1S/C24H17NOS/c1-4-11-19(12-5-1)13-10-18-27-24-25-22(20-14-6-2-7-15-20)23(26-24)21-16-8-3-9-17-21/h1-9,11-12,14-17H,18H2. The Kier molecular flexibility index (Phi) is 5.38. The van der Waals surface area contributed by atoms with Crippen molar-refractivity contribution in [2.24, 2.45) is 0 Å². The molecule has 0 unspecified atom stereocenters. The van der Waals surface area contributed by atoms with Gasteiger partial charge in [-0.25, -0.2) is 4.98 Å². The number of nitrogens with zero attached hydrogens (tertiary/aromatic N) is 1. The van der Waals surface area contributed by atoms with Crippen LogP contribution in [-0.2, 0) is 0 Å². The highest BCUT2D eigenvalue weighted by Crippen LogP contribution is 2.35. The van der Waals surface area contributed by atoms with Gasteiger partial charge in [-0.05, 0) is 12.1 Å². The Labute approximate surface area is 163 Å². The third-order valence-electron chi connectivity index (χ3n) is 3.97. The molecule has 2 nitrogen and oxygen atoms in total. The minimum atomic E-state index is 0.623. The molecule has 1 heterocycles. The van der Waals surface area contributed by atoms with Crippen molar-refractivity contribution >= 4 is 11.8 Å². The fourth-order valence-corrected chi connectivity index (χ4v) is 3.26. The first-order chi connectivity index (χ1) is 13.4. The van der Waals surface area contributed by atoms with Crippen LogP contribution in [0.1, 0.15) is 5.56 Å². The highest BCUT2D eigenvalue weighted by Gasteiger charge is 2.16. The molecule has 3 aromatic carbocycles. The van der Waals surface area contributed by atoms with Gasteiger partial charge in [0, 0.05) is 16.7 Å². The van der Waals surface area contributed by atoms with E-state index < -0.39 is 0 Å². The van der Waals surface area contributed by atoms with Crippen LogP contribution >= 0.6 is 11.8 Å². The minimum absolute atomic E-state index is 0.623. The van der Waals surface area contributed by atoms with Crippen molar-refractivity contribution in [3.05, 3.63) is 96.6 Å². The van der Waals surface area contributed by atoms with Crippen LogP contribution in [0.25, 0.3) is 22.6 Å². The first-order valence-corrected chi connectivity index (χ1v) is 9.67. The average molecular weight is 367 g/mol. The van der Waals surface area contributed by atoms with E-state index >= 15 is 0 Å². The van der Waals surface area contributed by atoms with Crippen molar-refractivity contribution in [1.82, 2.24) is 4.98 Å². The van der Waals surface area contributed by atoms with Crippen LogP contribution in [0.15, 0.2) is 101 Å². The SMILES string of the molecule is C(#Cc1ccccc1)CSc1nc(-c2ccccc2)c(-c2ccccc2)o1. The van der Waals surface area contributed by atoms with Gasteiger partial charge >= 0.3 is 0 Å². The van der Waals surface area contributed by atoms with Crippen molar-refractivity contribution < 1.29 is 4.42 Å². The zero-order valence-corrected chi connectivity index (χ0v) is 15.4. The van der Waals surface area contributed by atoms with Crippen LogP contribution in [0.4, 0.5) is 0 Å². The van der Waals surface area contributed by atoms with Gasteiger partial charge in [-0.2, -0.15) is 0 Å². The predicted octanol–water partition coefficient (Wildman–Crippen LogP) is 6.15. The van der Waals surface area contributed by atoms with E-state index in [0.717, 1.165) is 28.1 Å². The summed E-state index contributed by atoms with van der Waals surface area (Å²) >= 11 is 1.51. The molecule has 0 aliphatic rings. The van der Waals surface area contributed by atoms with Crippen molar-refractivity contribution in [3.63, 3.8) is 0 Å². The molecule has 0 bridgehead atoms. The van der Waals surface area contributed by atoms with E-state index in [1.165, 1.54) is 11.8 Å². The average Bonchev–Trinajstić information content (AvgIpc) is 3.18. The first-order valence-electron chi connectivity index (χ1n) is 8.68. The van der Waals surface area contributed by atoms with E-state index in [2.05, 4.69) is 11.8 Å². The number of rotatable bonds is 4. The highest BCUT2D eigenvalue weighted by atomic mass is 32.2. The number of hydrogen-bond donors (Lipinski definition) is 0. The Morgan fingerprint density at radius 1 is 0.741 bits per heavy atom. The second-order valence-electron chi connectivity index (χ2n) is 5.85. The largest absolute Gasteiger partial charge is 0.431 e. The van der Waals surface area contributed by atoms with Gasteiger partial charge in [0.1, 0.15) is 5.69 Å². The van der Waals surface area contributed by atoms with Gasteiger partial charge in [-0.15, -0.1) is 0 Å². The third kappa shape index (κ3) is 4.31. The molecule has 0 fully saturated rings. The van der Waals surface area contributed by atoms with E-state index in [0.29, 0.717) is 11.0 Å². The number of hydrogen-bond acceptors (Lipinski definition) is 3. The maximum absolute atomic E-state index is 6.09. The van der Waals surface area contributed by atoms with Gasteiger partial charge < -0.3 is 4.42 Å². The van der Waals surface area contributed by atoms with Crippen LogP contribution in [0, 0.1) is 11.8 Å². The smallest absolute Gasteiger partial charge is 0.257 e. The summed E-state index contributed by atoms with van der Waals surface area (Å²) in [4.78, 5) is 4.73. The van der Waals surface area contributed by atoms with Crippen molar-refractivity contribution in [3.8, 4) is 34.4 Å². The molecule has 0 aliphatic heterocycles. The summed E-state index contributed by atoms with van der Waals surface area (Å²) in [7, 11) is 0. The number of benzene rings is 3. The molecule has 0 saturated carbocycles. The Balaban J connectivity index is 1.59. The minimum Gasteiger partial charge on any atom is -0.431 e. The molecule has 1 aromatic heterocycles. The van der Waals surface area contributed by atoms with E-state index in [1.807, 2.05) is 91.0 Å². The van der Waals surface area contributed by atoms with Gasteiger partial charge in [0.15, 0.2) is 5.76 Å². The maximum atomic E-state index is 6.09. The lowest BCUT2D eigenvalue weighted by molar-refractivity contribution is 0.466. The Hall–Kier alpha value is -3.22. The van der Waals surface area contributed by atoms with Crippen molar-refractivity contribution in [1.29, 1.82) is 0 Å². The molecular formula is C24H17NOS. The Morgan fingerprint density at radius 2 is 1.33 bits per heavy atom. The fraction of sp³-hybridized carbons (Fsp3) is 0.0417. The van der Waals surface area contributed by atoms with Gasteiger partial charge in [0.2, 0.25) is 0 Å². The van der Waals surface area contributed by atoms with Gasteiger partial charge in [0.25, 0.3) is 5.22 Å². The monoisotopic (exact) mass is 367 g/mol. The summed E-state index contributed by atoms with van der Waals surface area (Å²) in [6.45, 7) is 0. The molecule has 0 amide bonds. The normalized spacial score (nSPS) is 10.2. The summed E-state index contributed by atoms with van der Waals surface area (Å²) < 4.78 is 6.09.